The van der Waals surface area contributed by atoms with Gasteiger partial charge in [0.25, 0.3) is 0 Å². The molecule has 23 heavy (non-hydrogen) atoms. The summed E-state index contributed by atoms with van der Waals surface area (Å²) in [5.74, 6) is 1.31. The Bertz CT molecular complexity index is 778. The van der Waals surface area contributed by atoms with Gasteiger partial charge in [-0.2, -0.15) is 4.98 Å². The van der Waals surface area contributed by atoms with Crippen LogP contribution in [0.5, 0.6) is 0 Å². The van der Waals surface area contributed by atoms with Gasteiger partial charge in [-0.3, -0.25) is 4.79 Å². The number of nitrogens with zero attached hydrogens (tertiary/aromatic N) is 2. The normalized spacial score (nSPS) is 10.7. The summed E-state index contributed by atoms with van der Waals surface area (Å²) in [5.41, 5.74) is 2.27. The van der Waals surface area contributed by atoms with E-state index in [-0.39, 0.29) is 5.91 Å². The third-order valence-corrected chi connectivity index (χ3v) is 3.51. The van der Waals surface area contributed by atoms with E-state index in [1.165, 1.54) is 0 Å². The summed E-state index contributed by atoms with van der Waals surface area (Å²) in [4.78, 5) is 16.1. The van der Waals surface area contributed by atoms with Gasteiger partial charge in [0.2, 0.25) is 17.6 Å². The van der Waals surface area contributed by atoms with E-state index in [0.717, 1.165) is 11.1 Å². The summed E-state index contributed by atoms with van der Waals surface area (Å²) in [7, 11) is 0. The van der Waals surface area contributed by atoms with E-state index in [2.05, 4.69) is 15.5 Å². The standard InChI is InChI=1S/C17H17N3O3/c1-12-5-2-3-6-13(12)11-18-15(21)8-9-16-19-17(20-23-16)14-7-4-10-22-14/h2-7,10H,8-9,11H2,1H3,(H,18,21). The number of amides is 1. The van der Waals surface area contributed by atoms with E-state index in [1.54, 1.807) is 18.4 Å². The van der Waals surface area contributed by atoms with Gasteiger partial charge in [0, 0.05) is 19.4 Å². The van der Waals surface area contributed by atoms with Gasteiger partial charge >= 0.3 is 0 Å². The first-order valence-electron chi connectivity index (χ1n) is 7.40. The van der Waals surface area contributed by atoms with E-state index in [4.69, 9.17) is 8.94 Å². The number of furan rings is 1. The number of benzene rings is 1. The molecule has 0 radical (unpaired) electrons. The molecule has 3 rings (SSSR count). The van der Waals surface area contributed by atoms with Crippen LogP contribution >= 0.6 is 0 Å². The molecule has 0 atom stereocenters. The molecule has 0 saturated heterocycles. The molecule has 0 saturated carbocycles. The highest BCUT2D eigenvalue weighted by Gasteiger charge is 2.12. The number of aromatic nitrogens is 2. The Hall–Kier alpha value is -2.89. The molecule has 1 amide bonds. The fraction of sp³-hybridized carbons (Fsp3) is 0.235. The van der Waals surface area contributed by atoms with Gasteiger partial charge in [-0.25, -0.2) is 0 Å². The molecule has 2 heterocycles. The van der Waals surface area contributed by atoms with Gasteiger partial charge in [-0.1, -0.05) is 29.4 Å². The van der Waals surface area contributed by atoms with Crippen molar-refractivity contribution in [3.05, 3.63) is 59.7 Å². The number of aryl methyl sites for hydroxylation is 2. The van der Waals surface area contributed by atoms with Crippen molar-refractivity contribution >= 4 is 5.91 Å². The molecule has 0 unspecified atom stereocenters. The summed E-state index contributed by atoms with van der Waals surface area (Å²) in [5, 5.41) is 6.73. The van der Waals surface area contributed by atoms with Crippen LogP contribution in [0.2, 0.25) is 0 Å². The molecule has 0 aliphatic carbocycles. The van der Waals surface area contributed by atoms with E-state index >= 15 is 0 Å². The Morgan fingerprint density at radius 3 is 2.87 bits per heavy atom. The van der Waals surface area contributed by atoms with Gasteiger partial charge in [-0.15, -0.1) is 0 Å². The Morgan fingerprint density at radius 2 is 2.09 bits per heavy atom. The van der Waals surface area contributed by atoms with Crippen molar-refractivity contribution in [1.29, 1.82) is 0 Å². The molecule has 1 aromatic carbocycles. The van der Waals surface area contributed by atoms with Crippen molar-refractivity contribution in [1.82, 2.24) is 15.5 Å². The third-order valence-electron chi connectivity index (χ3n) is 3.51. The summed E-state index contributed by atoms with van der Waals surface area (Å²) in [6.07, 6.45) is 2.24. The quantitative estimate of drug-likeness (QED) is 0.757. The monoisotopic (exact) mass is 311 g/mol. The average Bonchev–Trinajstić information content (AvgIpc) is 3.23. The minimum absolute atomic E-state index is 0.0500. The lowest BCUT2D eigenvalue weighted by Gasteiger charge is -2.07. The van der Waals surface area contributed by atoms with Gasteiger partial charge < -0.3 is 14.3 Å². The zero-order chi connectivity index (χ0) is 16.1. The predicted octanol–water partition coefficient (Wildman–Crippen LogP) is 2.89. The fourth-order valence-corrected chi connectivity index (χ4v) is 2.17. The lowest BCUT2D eigenvalue weighted by molar-refractivity contribution is -0.121. The van der Waals surface area contributed by atoms with Crippen LogP contribution in [0, 0.1) is 6.92 Å². The van der Waals surface area contributed by atoms with Crippen LogP contribution in [0.4, 0.5) is 0 Å². The maximum Gasteiger partial charge on any atom is 0.238 e. The topological polar surface area (TPSA) is 81.2 Å². The lowest BCUT2D eigenvalue weighted by Crippen LogP contribution is -2.23. The SMILES string of the molecule is Cc1ccccc1CNC(=O)CCc1nc(-c2ccco2)no1. The molecule has 0 aliphatic heterocycles. The second kappa shape index (κ2) is 6.91. The van der Waals surface area contributed by atoms with Gasteiger partial charge in [-0.05, 0) is 30.2 Å². The van der Waals surface area contributed by atoms with Crippen molar-refractivity contribution in [3.63, 3.8) is 0 Å². The summed E-state index contributed by atoms with van der Waals surface area (Å²) in [6.45, 7) is 2.54. The van der Waals surface area contributed by atoms with Gasteiger partial charge in [0.1, 0.15) is 0 Å². The molecule has 0 fully saturated rings. The molecule has 1 N–H and O–H groups in total. The van der Waals surface area contributed by atoms with Crippen molar-refractivity contribution in [2.45, 2.75) is 26.3 Å². The summed E-state index contributed by atoms with van der Waals surface area (Å²) in [6, 6.07) is 11.5. The Labute approximate surface area is 133 Å². The van der Waals surface area contributed by atoms with E-state index < -0.39 is 0 Å². The minimum Gasteiger partial charge on any atom is -0.461 e. The van der Waals surface area contributed by atoms with Crippen LogP contribution in [0.15, 0.2) is 51.6 Å². The molecule has 6 heteroatoms. The molecular weight excluding hydrogens is 294 g/mol. The van der Waals surface area contributed by atoms with Crippen LogP contribution in [0.3, 0.4) is 0 Å². The van der Waals surface area contributed by atoms with Crippen LogP contribution in [-0.2, 0) is 17.8 Å². The van der Waals surface area contributed by atoms with Crippen molar-refractivity contribution in [2.75, 3.05) is 0 Å². The highest BCUT2D eigenvalue weighted by Crippen LogP contribution is 2.16. The third kappa shape index (κ3) is 3.85. The number of nitrogens with one attached hydrogen (secondary N) is 1. The largest absolute Gasteiger partial charge is 0.461 e. The van der Waals surface area contributed by atoms with Gasteiger partial charge in [0.05, 0.1) is 6.26 Å². The number of carbonyl (C=O) groups excluding carboxylic acids is 1. The molecule has 0 bridgehead atoms. The highest BCUT2D eigenvalue weighted by atomic mass is 16.5. The summed E-state index contributed by atoms with van der Waals surface area (Å²) >= 11 is 0. The predicted molar refractivity (Wildman–Crippen MR) is 83.3 cm³/mol. The van der Waals surface area contributed by atoms with Crippen LogP contribution in [0.1, 0.15) is 23.4 Å². The van der Waals surface area contributed by atoms with Crippen molar-refractivity contribution < 1.29 is 13.7 Å². The first-order chi connectivity index (χ1) is 11.2. The Balaban J connectivity index is 1.49. The molecule has 2 aromatic heterocycles. The molecule has 118 valence electrons. The first-order valence-corrected chi connectivity index (χ1v) is 7.40. The Kier molecular flexibility index (Phi) is 4.52. The van der Waals surface area contributed by atoms with Crippen LogP contribution in [-0.4, -0.2) is 16.0 Å². The fourth-order valence-electron chi connectivity index (χ4n) is 2.17. The van der Waals surface area contributed by atoms with Crippen LogP contribution < -0.4 is 5.32 Å². The number of hydrogen-bond donors (Lipinski definition) is 1. The minimum atomic E-state index is -0.0500. The molecule has 3 aromatic rings. The van der Waals surface area contributed by atoms with E-state index in [1.807, 2.05) is 31.2 Å². The second-order valence-electron chi connectivity index (χ2n) is 5.19. The maximum absolute atomic E-state index is 11.9. The van der Waals surface area contributed by atoms with Gasteiger partial charge in [0.15, 0.2) is 5.76 Å². The highest BCUT2D eigenvalue weighted by molar-refractivity contribution is 5.76. The molecular formula is C17H17N3O3. The molecule has 6 nitrogen and oxygen atoms in total. The smallest absolute Gasteiger partial charge is 0.238 e. The molecule has 0 aliphatic rings. The van der Waals surface area contributed by atoms with E-state index in [0.29, 0.717) is 36.9 Å². The average molecular weight is 311 g/mol. The zero-order valence-corrected chi connectivity index (χ0v) is 12.8. The van der Waals surface area contributed by atoms with E-state index in [9.17, 15) is 4.79 Å². The number of rotatable bonds is 6. The second-order valence-corrected chi connectivity index (χ2v) is 5.19. The summed E-state index contributed by atoms with van der Waals surface area (Å²) < 4.78 is 10.3. The molecule has 0 spiro atoms. The number of hydrogen-bond acceptors (Lipinski definition) is 5. The Morgan fingerprint density at radius 1 is 1.22 bits per heavy atom. The number of carbonyl (C=O) groups is 1. The van der Waals surface area contributed by atoms with Crippen LogP contribution in [0.25, 0.3) is 11.6 Å². The first kappa shape index (κ1) is 15.0. The van der Waals surface area contributed by atoms with Crippen molar-refractivity contribution in [3.8, 4) is 11.6 Å². The maximum atomic E-state index is 11.9. The van der Waals surface area contributed by atoms with Crippen molar-refractivity contribution in [2.24, 2.45) is 0 Å². The lowest BCUT2D eigenvalue weighted by atomic mass is 10.1. The zero-order valence-electron chi connectivity index (χ0n) is 12.8.